The van der Waals surface area contributed by atoms with Crippen LogP contribution in [-0.2, 0) is 30.2 Å². The Bertz CT molecular complexity index is 1200. The van der Waals surface area contributed by atoms with Crippen molar-refractivity contribution in [3.63, 3.8) is 0 Å². The Labute approximate surface area is 222 Å². The Hall–Kier alpha value is -3.20. The lowest BCUT2D eigenvalue weighted by Gasteiger charge is -2.34. The quantitative estimate of drug-likeness (QED) is 0.462. The molecule has 0 radical (unpaired) electrons. The van der Waals surface area contributed by atoms with Crippen molar-refractivity contribution in [1.29, 1.82) is 0 Å². The number of primary amides is 1. The molecule has 0 bridgehead atoms. The SMILES string of the molecule is CCC1CC(C2CCN(C)CC2)=CC=C1Nc1ncc(C(F)(F)F)c(CCc2ccccc2CC(N)=O)n1. The number of halogens is 3. The van der Waals surface area contributed by atoms with Gasteiger partial charge in [0.15, 0.2) is 0 Å². The topological polar surface area (TPSA) is 84.1 Å². The Kier molecular flexibility index (Phi) is 8.87. The summed E-state index contributed by atoms with van der Waals surface area (Å²) in [5.74, 6) is 0.509. The van der Waals surface area contributed by atoms with Crippen LogP contribution in [0.4, 0.5) is 19.1 Å². The Morgan fingerprint density at radius 1 is 1.13 bits per heavy atom. The van der Waals surface area contributed by atoms with E-state index < -0.39 is 17.6 Å². The number of benzene rings is 1. The van der Waals surface area contributed by atoms with Gasteiger partial charge in [-0.1, -0.05) is 42.8 Å². The first-order valence-corrected chi connectivity index (χ1v) is 13.3. The smallest absolute Gasteiger partial charge is 0.369 e. The lowest BCUT2D eigenvalue weighted by molar-refractivity contribution is -0.138. The van der Waals surface area contributed by atoms with E-state index in [1.165, 1.54) is 5.57 Å². The minimum absolute atomic E-state index is 0.0402. The number of likely N-dealkylation sites (tertiary alicyclic amines) is 1. The number of nitrogens with two attached hydrogens (primary N) is 1. The molecule has 2 heterocycles. The van der Waals surface area contributed by atoms with Gasteiger partial charge in [0.2, 0.25) is 11.9 Å². The summed E-state index contributed by atoms with van der Waals surface area (Å²) in [6.45, 7) is 4.33. The van der Waals surface area contributed by atoms with Gasteiger partial charge in [-0.05, 0) is 81.8 Å². The molecule has 1 saturated heterocycles. The van der Waals surface area contributed by atoms with Gasteiger partial charge in [-0.25, -0.2) is 9.97 Å². The highest BCUT2D eigenvalue weighted by Crippen LogP contribution is 2.36. The summed E-state index contributed by atoms with van der Waals surface area (Å²) in [7, 11) is 2.15. The molecule has 0 saturated carbocycles. The number of aromatic nitrogens is 2. The summed E-state index contributed by atoms with van der Waals surface area (Å²) in [6, 6.07) is 7.15. The van der Waals surface area contributed by atoms with Crippen molar-refractivity contribution in [1.82, 2.24) is 14.9 Å². The van der Waals surface area contributed by atoms with Crippen LogP contribution in [0, 0.1) is 11.8 Å². The van der Waals surface area contributed by atoms with Crippen LogP contribution in [0.5, 0.6) is 0 Å². The van der Waals surface area contributed by atoms with Crippen molar-refractivity contribution in [3.05, 3.63) is 76.3 Å². The maximum atomic E-state index is 13.8. The van der Waals surface area contributed by atoms with Gasteiger partial charge in [0.25, 0.3) is 0 Å². The van der Waals surface area contributed by atoms with E-state index in [-0.39, 0.29) is 30.4 Å². The molecule has 1 fully saturated rings. The third-order valence-electron chi connectivity index (χ3n) is 7.68. The number of anilines is 1. The van der Waals surface area contributed by atoms with Gasteiger partial charge in [-0.3, -0.25) is 4.79 Å². The van der Waals surface area contributed by atoms with E-state index in [0.717, 1.165) is 56.2 Å². The molecule has 0 spiro atoms. The van der Waals surface area contributed by atoms with Gasteiger partial charge in [0.05, 0.1) is 17.7 Å². The number of piperidine rings is 1. The third kappa shape index (κ3) is 7.01. The lowest BCUT2D eigenvalue weighted by Crippen LogP contribution is -2.31. The summed E-state index contributed by atoms with van der Waals surface area (Å²) >= 11 is 0. The van der Waals surface area contributed by atoms with Gasteiger partial charge in [0, 0.05) is 17.8 Å². The Balaban J connectivity index is 1.54. The average Bonchev–Trinajstić information content (AvgIpc) is 2.88. The fourth-order valence-electron chi connectivity index (χ4n) is 5.43. The number of hydrogen-bond acceptors (Lipinski definition) is 5. The molecule has 3 N–H and O–H groups in total. The number of hydrogen-bond donors (Lipinski definition) is 2. The van der Waals surface area contributed by atoms with Crippen LogP contribution < -0.4 is 11.1 Å². The highest BCUT2D eigenvalue weighted by atomic mass is 19.4. The monoisotopic (exact) mass is 527 g/mol. The number of rotatable bonds is 9. The van der Waals surface area contributed by atoms with Crippen LogP contribution in [0.2, 0.25) is 0 Å². The molecule has 2 aromatic rings. The molecule has 1 aliphatic carbocycles. The normalized spacial score (nSPS) is 19.1. The van der Waals surface area contributed by atoms with Crippen LogP contribution in [0.15, 0.2) is 53.9 Å². The highest BCUT2D eigenvalue weighted by Gasteiger charge is 2.35. The van der Waals surface area contributed by atoms with E-state index in [1.54, 1.807) is 24.3 Å². The number of carbonyl (C=O) groups excluding carboxylic acids is 1. The minimum atomic E-state index is -4.57. The van der Waals surface area contributed by atoms with E-state index in [9.17, 15) is 18.0 Å². The zero-order chi connectivity index (χ0) is 27.3. The van der Waals surface area contributed by atoms with Crippen LogP contribution in [0.25, 0.3) is 0 Å². The fourth-order valence-corrected chi connectivity index (χ4v) is 5.43. The van der Waals surface area contributed by atoms with Crippen molar-refractivity contribution in [2.75, 3.05) is 25.5 Å². The van der Waals surface area contributed by atoms with Crippen LogP contribution >= 0.6 is 0 Å². The molecule has 1 amide bonds. The second kappa shape index (κ2) is 12.1. The van der Waals surface area contributed by atoms with Gasteiger partial charge >= 0.3 is 6.18 Å². The number of amides is 1. The molecule has 1 aromatic carbocycles. The first-order valence-electron chi connectivity index (χ1n) is 13.3. The zero-order valence-corrected chi connectivity index (χ0v) is 22.0. The highest BCUT2D eigenvalue weighted by molar-refractivity contribution is 5.77. The van der Waals surface area contributed by atoms with Crippen molar-refractivity contribution < 1.29 is 18.0 Å². The first-order chi connectivity index (χ1) is 18.1. The van der Waals surface area contributed by atoms with E-state index in [1.807, 2.05) is 6.08 Å². The average molecular weight is 528 g/mol. The van der Waals surface area contributed by atoms with E-state index in [4.69, 9.17) is 5.73 Å². The van der Waals surface area contributed by atoms with Gasteiger partial charge < -0.3 is 16.0 Å². The number of alkyl halides is 3. The first kappa shape index (κ1) is 27.8. The summed E-state index contributed by atoms with van der Waals surface area (Å²) in [5.41, 5.74) is 8.31. The Morgan fingerprint density at radius 2 is 1.84 bits per heavy atom. The van der Waals surface area contributed by atoms with Crippen molar-refractivity contribution in [2.45, 2.75) is 58.0 Å². The molecule has 1 aromatic heterocycles. The summed E-state index contributed by atoms with van der Waals surface area (Å²) in [4.78, 5) is 22.1. The van der Waals surface area contributed by atoms with E-state index >= 15 is 0 Å². The number of nitrogens with zero attached hydrogens (tertiary/aromatic N) is 3. The molecule has 1 atom stereocenters. The summed E-state index contributed by atoms with van der Waals surface area (Å²) in [5, 5.41) is 3.22. The van der Waals surface area contributed by atoms with E-state index in [2.05, 4.69) is 40.2 Å². The van der Waals surface area contributed by atoms with E-state index in [0.29, 0.717) is 17.9 Å². The lowest BCUT2D eigenvalue weighted by atomic mass is 9.79. The molecule has 2 aliphatic rings. The number of carbonyl (C=O) groups is 1. The van der Waals surface area contributed by atoms with Gasteiger partial charge in [-0.2, -0.15) is 13.2 Å². The summed E-state index contributed by atoms with van der Waals surface area (Å²) < 4.78 is 41.4. The molecule has 1 aliphatic heterocycles. The maximum Gasteiger partial charge on any atom is 0.419 e. The number of nitrogens with one attached hydrogen (secondary N) is 1. The molecular formula is C29H36F3N5O. The molecule has 4 rings (SSSR count). The molecular weight excluding hydrogens is 491 g/mol. The van der Waals surface area contributed by atoms with Crippen molar-refractivity contribution in [2.24, 2.45) is 17.6 Å². The molecule has 9 heteroatoms. The second-order valence-corrected chi connectivity index (χ2v) is 10.3. The predicted molar refractivity (Wildman–Crippen MR) is 142 cm³/mol. The standard InChI is InChI=1S/C29H36F3N5O/c1-3-19-16-23(21-12-14-37(2)15-13-21)9-10-25(19)35-28-34-18-24(29(30,31)32)26(36-28)11-8-20-6-4-5-7-22(20)17-27(33)38/h4-7,9-10,18-19,21H,3,8,11-17H2,1-2H3,(H2,33,38)(H,34,35,36). The molecule has 204 valence electrons. The molecule has 38 heavy (non-hydrogen) atoms. The Morgan fingerprint density at radius 3 is 2.50 bits per heavy atom. The minimum Gasteiger partial charge on any atom is -0.369 e. The molecule has 6 nitrogen and oxygen atoms in total. The predicted octanol–water partition coefficient (Wildman–Crippen LogP) is 5.30. The maximum absolute atomic E-state index is 13.8. The molecule has 1 unspecified atom stereocenters. The van der Waals surface area contributed by atoms with Gasteiger partial charge in [-0.15, -0.1) is 0 Å². The third-order valence-corrected chi connectivity index (χ3v) is 7.68. The summed E-state index contributed by atoms with van der Waals surface area (Å²) in [6.07, 6.45) is 5.07. The fraction of sp³-hybridized carbons (Fsp3) is 0.483. The van der Waals surface area contributed by atoms with Crippen LogP contribution in [0.1, 0.15) is 55.0 Å². The van der Waals surface area contributed by atoms with Crippen molar-refractivity contribution >= 4 is 11.9 Å². The van der Waals surface area contributed by atoms with Crippen LogP contribution in [-0.4, -0.2) is 40.9 Å². The largest absolute Gasteiger partial charge is 0.419 e. The van der Waals surface area contributed by atoms with Gasteiger partial charge in [0.1, 0.15) is 0 Å². The zero-order valence-electron chi connectivity index (χ0n) is 22.0. The van der Waals surface area contributed by atoms with Crippen LogP contribution in [0.3, 0.4) is 0 Å². The number of aryl methyl sites for hydroxylation is 2. The number of allylic oxidation sites excluding steroid dienone is 4. The van der Waals surface area contributed by atoms with Crippen molar-refractivity contribution in [3.8, 4) is 0 Å². The second-order valence-electron chi connectivity index (χ2n) is 10.3.